The molecule has 0 saturated carbocycles. The molecule has 1 atom stereocenters. The van der Waals surface area contributed by atoms with Gasteiger partial charge in [-0.25, -0.2) is 4.79 Å². The van der Waals surface area contributed by atoms with Gasteiger partial charge in [-0.1, -0.05) is 23.7 Å². The molecule has 0 heterocycles. The van der Waals surface area contributed by atoms with Crippen LogP contribution in [0.1, 0.15) is 18.9 Å². The van der Waals surface area contributed by atoms with Gasteiger partial charge in [0.1, 0.15) is 11.3 Å². The maximum atomic E-state index is 11.6. The molecule has 0 amide bonds. The molecule has 0 radical (unpaired) electrons. The molecule has 1 aromatic carbocycles. The van der Waals surface area contributed by atoms with Gasteiger partial charge < -0.3 is 15.3 Å². The summed E-state index contributed by atoms with van der Waals surface area (Å²) in [5.74, 6) is -0.799. The van der Waals surface area contributed by atoms with Crippen molar-refractivity contribution in [3.8, 4) is 0 Å². The van der Waals surface area contributed by atoms with Crippen molar-refractivity contribution in [2.24, 2.45) is 0 Å². The van der Waals surface area contributed by atoms with Gasteiger partial charge in [0.15, 0.2) is 0 Å². The first-order chi connectivity index (χ1) is 8.90. The molecular formula is C14H14ClNO3. The molecule has 0 bridgehead atoms. The van der Waals surface area contributed by atoms with Crippen molar-refractivity contribution < 1.29 is 14.6 Å². The van der Waals surface area contributed by atoms with Crippen LogP contribution in [0.4, 0.5) is 0 Å². The number of aliphatic hydroxyl groups excluding tert-OH is 1. The van der Waals surface area contributed by atoms with Crippen molar-refractivity contribution in [2.45, 2.75) is 18.8 Å². The van der Waals surface area contributed by atoms with E-state index in [9.17, 15) is 9.90 Å². The molecule has 5 heteroatoms. The van der Waals surface area contributed by atoms with E-state index in [1.54, 1.807) is 25.1 Å². The van der Waals surface area contributed by atoms with Crippen LogP contribution < -0.4 is 0 Å². The minimum absolute atomic E-state index is 0.0509. The Morgan fingerprint density at radius 3 is 2.79 bits per heavy atom. The normalized spacial score (nSPS) is 22.8. The van der Waals surface area contributed by atoms with E-state index in [0.29, 0.717) is 5.02 Å². The molecule has 1 aliphatic carbocycles. The zero-order chi connectivity index (χ0) is 14.2. The summed E-state index contributed by atoms with van der Waals surface area (Å²) in [6.07, 6.45) is 0.191. The SMILES string of the molecule is COC(=O)C1=C(O)CC(C)(c2cccc(Cl)c2)C1=N. The van der Waals surface area contributed by atoms with Crippen molar-refractivity contribution in [3.05, 3.63) is 46.2 Å². The lowest BCUT2D eigenvalue weighted by atomic mass is 9.78. The van der Waals surface area contributed by atoms with Crippen molar-refractivity contribution in [1.29, 1.82) is 5.41 Å². The Hall–Kier alpha value is -1.81. The molecule has 0 fully saturated rings. The van der Waals surface area contributed by atoms with E-state index in [4.69, 9.17) is 17.0 Å². The van der Waals surface area contributed by atoms with Crippen LogP contribution in [0.25, 0.3) is 0 Å². The van der Waals surface area contributed by atoms with E-state index in [1.165, 1.54) is 7.11 Å². The third kappa shape index (κ3) is 2.12. The lowest BCUT2D eigenvalue weighted by molar-refractivity contribution is -0.135. The summed E-state index contributed by atoms with van der Waals surface area (Å²) in [6, 6.07) is 7.09. The average molecular weight is 280 g/mol. The van der Waals surface area contributed by atoms with Gasteiger partial charge in [0.05, 0.1) is 12.8 Å². The van der Waals surface area contributed by atoms with Gasteiger partial charge in [-0.2, -0.15) is 0 Å². The second-order valence-corrected chi connectivity index (χ2v) is 5.14. The lowest BCUT2D eigenvalue weighted by Gasteiger charge is -2.25. The summed E-state index contributed by atoms with van der Waals surface area (Å²) in [4.78, 5) is 11.6. The van der Waals surface area contributed by atoms with Gasteiger partial charge in [-0.15, -0.1) is 0 Å². The molecule has 0 aromatic heterocycles. The number of ether oxygens (including phenoxy) is 1. The fraction of sp³-hybridized carbons (Fsp3) is 0.286. The molecule has 4 nitrogen and oxygen atoms in total. The fourth-order valence-electron chi connectivity index (χ4n) is 2.33. The number of carbonyl (C=O) groups is 1. The van der Waals surface area contributed by atoms with E-state index in [2.05, 4.69) is 4.74 Å². The van der Waals surface area contributed by atoms with Gasteiger partial charge in [0.2, 0.25) is 0 Å². The van der Waals surface area contributed by atoms with Crippen molar-refractivity contribution >= 4 is 23.3 Å². The highest BCUT2D eigenvalue weighted by Crippen LogP contribution is 2.41. The Kier molecular flexibility index (Phi) is 3.37. The number of halogens is 1. The Morgan fingerprint density at radius 2 is 2.21 bits per heavy atom. The van der Waals surface area contributed by atoms with E-state index in [0.717, 1.165) is 5.56 Å². The first kappa shape index (κ1) is 13.6. The van der Waals surface area contributed by atoms with Crippen LogP contribution in [0, 0.1) is 5.41 Å². The third-order valence-electron chi connectivity index (χ3n) is 3.46. The molecular weight excluding hydrogens is 266 g/mol. The number of esters is 1. The van der Waals surface area contributed by atoms with Crippen molar-refractivity contribution in [1.82, 2.24) is 0 Å². The molecule has 0 saturated heterocycles. The van der Waals surface area contributed by atoms with Crippen molar-refractivity contribution in [3.63, 3.8) is 0 Å². The Morgan fingerprint density at radius 1 is 1.53 bits per heavy atom. The first-order valence-corrected chi connectivity index (χ1v) is 6.14. The van der Waals surface area contributed by atoms with Crippen LogP contribution in [0.5, 0.6) is 0 Å². The number of rotatable bonds is 2. The molecule has 0 aliphatic heterocycles. The molecule has 100 valence electrons. The largest absolute Gasteiger partial charge is 0.511 e. The van der Waals surface area contributed by atoms with Gasteiger partial charge in [-0.05, 0) is 24.6 Å². The van der Waals surface area contributed by atoms with Gasteiger partial charge >= 0.3 is 5.97 Å². The van der Waals surface area contributed by atoms with Crippen molar-refractivity contribution in [2.75, 3.05) is 7.11 Å². The van der Waals surface area contributed by atoms with Crippen LogP contribution in [-0.2, 0) is 14.9 Å². The predicted octanol–water partition coefficient (Wildman–Crippen LogP) is 3.01. The number of carbonyl (C=O) groups excluding carboxylic acids is 1. The fourth-order valence-corrected chi connectivity index (χ4v) is 2.52. The monoisotopic (exact) mass is 279 g/mol. The highest BCUT2D eigenvalue weighted by molar-refractivity contribution is 6.31. The number of benzene rings is 1. The molecule has 1 aliphatic rings. The summed E-state index contributed by atoms with van der Waals surface area (Å²) >= 11 is 5.96. The van der Waals surface area contributed by atoms with Crippen LogP contribution in [0.2, 0.25) is 5.02 Å². The number of methoxy groups -OCH3 is 1. The summed E-state index contributed by atoms with van der Waals surface area (Å²) in [6.45, 7) is 1.80. The van der Waals surface area contributed by atoms with Gasteiger partial charge in [0, 0.05) is 16.9 Å². The summed E-state index contributed by atoms with van der Waals surface area (Å²) in [7, 11) is 1.23. The zero-order valence-corrected chi connectivity index (χ0v) is 11.4. The van der Waals surface area contributed by atoms with E-state index in [1.807, 2.05) is 6.07 Å². The highest BCUT2D eigenvalue weighted by atomic mass is 35.5. The van der Waals surface area contributed by atoms with E-state index in [-0.39, 0.29) is 23.5 Å². The number of allylic oxidation sites excluding steroid dienone is 1. The van der Waals surface area contributed by atoms with E-state index >= 15 is 0 Å². The standard InChI is InChI=1S/C14H14ClNO3/c1-14(8-4-3-5-9(15)6-8)7-10(17)11(12(14)16)13(18)19-2/h3-6,16-17H,7H2,1-2H3. The summed E-state index contributed by atoms with van der Waals surface area (Å²) in [5.41, 5.74) is 0.0259. The topological polar surface area (TPSA) is 70.4 Å². The first-order valence-electron chi connectivity index (χ1n) is 5.76. The maximum absolute atomic E-state index is 11.6. The number of aliphatic hydroxyl groups is 1. The summed E-state index contributed by atoms with van der Waals surface area (Å²) in [5, 5.41) is 18.7. The van der Waals surface area contributed by atoms with Gasteiger partial charge in [0.25, 0.3) is 0 Å². The smallest absolute Gasteiger partial charge is 0.343 e. The number of hydrogen-bond donors (Lipinski definition) is 2. The lowest BCUT2D eigenvalue weighted by Crippen LogP contribution is -2.30. The molecule has 1 unspecified atom stereocenters. The molecule has 0 spiro atoms. The quantitative estimate of drug-likeness (QED) is 0.818. The van der Waals surface area contributed by atoms with Crippen LogP contribution in [0.3, 0.4) is 0 Å². The van der Waals surface area contributed by atoms with Crippen LogP contribution in [-0.4, -0.2) is 23.9 Å². The minimum Gasteiger partial charge on any atom is -0.511 e. The zero-order valence-electron chi connectivity index (χ0n) is 10.7. The molecule has 19 heavy (non-hydrogen) atoms. The molecule has 2 N–H and O–H groups in total. The Labute approximate surface area is 116 Å². The van der Waals surface area contributed by atoms with E-state index < -0.39 is 11.4 Å². The molecule has 1 aromatic rings. The van der Waals surface area contributed by atoms with Gasteiger partial charge in [-0.3, -0.25) is 0 Å². The maximum Gasteiger partial charge on any atom is 0.343 e. The average Bonchev–Trinajstić information content (AvgIpc) is 2.60. The minimum atomic E-state index is -0.765. The second kappa shape index (κ2) is 4.70. The highest BCUT2D eigenvalue weighted by Gasteiger charge is 2.45. The Balaban J connectivity index is 2.45. The molecule has 2 rings (SSSR count). The third-order valence-corrected chi connectivity index (χ3v) is 3.70. The van der Waals surface area contributed by atoms with Crippen LogP contribution >= 0.6 is 11.6 Å². The number of nitrogens with one attached hydrogen (secondary N) is 1. The van der Waals surface area contributed by atoms with Crippen LogP contribution in [0.15, 0.2) is 35.6 Å². The summed E-state index contributed by atoms with van der Waals surface area (Å²) < 4.78 is 4.60. The second-order valence-electron chi connectivity index (χ2n) is 4.71. The predicted molar refractivity (Wildman–Crippen MR) is 72.8 cm³/mol. The number of hydrogen-bond acceptors (Lipinski definition) is 4. The Bertz CT molecular complexity index is 594.